The lowest BCUT2D eigenvalue weighted by molar-refractivity contribution is 0.464. The smallest absolute Gasteiger partial charge is 0.249 e. The third kappa shape index (κ3) is 4.10. The maximum Gasteiger partial charge on any atom is 0.249 e. The van der Waals surface area contributed by atoms with Gasteiger partial charge in [-0.05, 0) is 37.0 Å². The molecule has 30 heavy (non-hydrogen) atoms. The van der Waals surface area contributed by atoms with Crippen molar-refractivity contribution < 1.29 is 8.42 Å². The van der Waals surface area contributed by atoms with Crippen LogP contribution in [0.3, 0.4) is 0 Å². The number of pyridine rings is 1. The maximum atomic E-state index is 12.6. The van der Waals surface area contributed by atoms with Gasteiger partial charge in [-0.25, -0.2) is 18.4 Å². The van der Waals surface area contributed by atoms with Crippen LogP contribution in [-0.4, -0.2) is 40.8 Å². The molecule has 152 valence electrons. The van der Waals surface area contributed by atoms with Gasteiger partial charge < -0.3 is 10.7 Å². The summed E-state index contributed by atoms with van der Waals surface area (Å²) >= 11 is 0. The first-order valence-electron chi connectivity index (χ1n) is 9.26. The van der Waals surface area contributed by atoms with Crippen molar-refractivity contribution in [3.8, 4) is 23.1 Å². The van der Waals surface area contributed by atoms with Gasteiger partial charge in [-0.15, -0.1) is 0 Å². The summed E-state index contributed by atoms with van der Waals surface area (Å²) in [6, 6.07) is 9.62. The Bertz CT molecular complexity index is 1320. The third-order valence-electron chi connectivity index (χ3n) is 4.79. The largest absolute Gasteiger partial charge is 0.381 e. The van der Waals surface area contributed by atoms with Gasteiger partial charge in [0.1, 0.15) is 0 Å². The van der Waals surface area contributed by atoms with Crippen molar-refractivity contribution >= 4 is 15.8 Å². The summed E-state index contributed by atoms with van der Waals surface area (Å²) in [6.07, 6.45) is 4.81. The maximum absolute atomic E-state index is 12.6. The summed E-state index contributed by atoms with van der Waals surface area (Å²) < 4.78 is 26.7. The number of sulfonamides is 1. The number of hydrogen-bond acceptors (Lipinski definition) is 6. The van der Waals surface area contributed by atoms with E-state index in [1.807, 2.05) is 0 Å². The normalized spacial score (nSPS) is 13.7. The fourth-order valence-corrected chi connectivity index (χ4v) is 4.30. The summed E-state index contributed by atoms with van der Waals surface area (Å²) in [6.45, 7) is 0. The van der Waals surface area contributed by atoms with E-state index in [2.05, 4.69) is 26.8 Å². The van der Waals surface area contributed by atoms with Crippen molar-refractivity contribution in [2.45, 2.75) is 23.8 Å². The Kier molecular flexibility index (Phi) is 5.11. The van der Waals surface area contributed by atoms with E-state index in [4.69, 9.17) is 5.73 Å². The van der Waals surface area contributed by atoms with Gasteiger partial charge in [0.25, 0.3) is 0 Å². The molecule has 0 radical (unpaired) electrons. The summed E-state index contributed by atoms with van der Waals surface area (Å²) in [5, 5.41) is 0. The third-order valence-corrected chi connectivity index (χ3v) is 6.71. The van der Waals surface area contributed by atoms with Crippen LogP contribution in [0.4, 0.5) is 5.82 Å². The number of H-pyrrole nitrogens is 1. The summed E-state index contributed by atoms with van der Waals surface area (Å²) in [5.74, 6) is 5.84. The number of rotatable bonds is 4. The van der Waals surface area contributed by atoms with E-state index in [0.717, 1.165) is 12.8 Å². The molecule has 0 atom stereocenters. The molecule has 2 heterocycles. The molecule has 9 heteroatoms. The predicted molar refractivity (Wildman–Crippen MR) is 113 cm³/mol. The lowest BCUT2D eigenvalue weighted by atomic mass is 10.1. The lowest BCUT2D eigenvalue weighted by Gasteiger charge is -2.16. The SMILES string of the molecule is CN(C1CC1)S(=O)(=O)c1ccc(-c2cnc(N)c(C#Cc3cc[nH]c(=O)c3)n2)cc1. The van der Waals surface area contributed by atoms with Crippen LogP contribution in [-0.2, 0) is 10.0 Å². The number of anilines is 1. The van der Waals surface area contributed by atoms with Crippen molar-refractivity contribution in [2.75, 3.05) is 12.8 Å². The van der Waals surface area contributed by atoms with Crippen molar-refractivity contribution in [1.82, 2.24) is 19.3 Å². The van der Waals surface area contributed by atoms with E-state index >= 15 is 0 Å². The quantitative estimate of drug-likeness (QED) is 0.617. The molecule has 8 nitrogen and oxygen atoms in total. The van der Waals surface area contributed by atoms with Crippen LogP contribution >= 0.6 is 0 Å². The Hall–Kier alpha value is -3.48. The molecule has 0 unspecified atom stereocenters. The highest BCUT2D eigenvalue weighted by atomic mass is 32.2. The molecule has 4 rings (SSSR count). The van der Waals surface area contributed by atoms with E-state index in [-0.39, 0.29) is 28.0 Å². The highest BCUT2D eigenvalue weighted by Gasteiger charge is 2.34. The van der Waals surface area contributed by atoms with Gasteiger partial charge >= 0.3 is 0 Å². The molecule has 0 amide bonds. The van der Waals surface area contributed by atoms with Gasteiger partial charge in [0, 0.05) is 36.5 Å². The Morgan fingerprint density at radius 2 is 1.90 bits per heavy atom. The van der Waals surface area contributed by atoms with E-state index < -0.39 is 10.0 Å². The van der Waals surface area contributed by atoms with Crippen molar-refractivity contribution in [3.05, 3.63) is 70.4 Å². The van der Waals surface area contributed by atoms with Gasteiger partial charge in [-0.2, -0.15) is 4.31 Å². The van der Waals surface area contributed by atoms with Crippen LogP contribution in [0.5, 0.6) is 0 Å². The monoisotopic (exact) mass is 421 g/mol. The number of nitrogens with zero attached hydrogens (tertiary/aromatic N) is 3. The Labute approximate surface area is 173 Å². The first-order chi connectivity index (χ1) is 14.3. The molecular formula is C21H19N5O3S. The number of benzene rings is 1. The second kappa shape index (κ2) is 7.74. The minimum Gasteiger partial charge on any atom is -0.381 e. The molecule has 3 aromatic rings. The molecule has 0 spiro atoms. The van der Waals surface area contributed by atoms with Gasteiger partial charge in [0.2, 0.25) is 15.6 Å². The molecule has 3 N–H and O–H groups in total. The molecule has 1 fully saturated rings. The van der Waals surface area contributed by atoms with E-state index in [9.17, 15) is 13.2 Å². The molecule has 0 saturated heterocycles. The van der Waals surface area contributed by atoms with Gasteiger partial charge in [-0.1, -0.05) is 18.1 Å². The standard InChI is InChI=1S/C21H19N5O3S/c1-26(16-5-6-16)30(28,29)17-7-3-15(4-8-17)19-13-24-21(22)18(25-19)9-2-14-10-11-23-20(27)12-14/h3-4,7-8,10-13,16H,5-6H2,1H3,(H2,22,24)(H,23,27). The Balaban J connectivity index is 1.62. The predicted octanol–water partition coefficient (Wildman–Crippen LogP) is 1.60. The molecule has 1 aromatic carbocycles. The van der Waals surface area contributed by atoms with Crippen molar-refractivity contribution in [1.29, 1.82) is 0 Å². The number of nitrogens with one attached hydrogen (secondary N) is 1. The fourth-order valence-electron chi connectivity index (χ4n) is 2.88. The van der Waals surface area contributed by atoms with Gasteiger partial charge in [0.05, 0.1) is 16.8 Å². The van der Waals surface area contributed by atoms with Gasteiger partial charge in [-0.3, -0.25) is 4.79 Å². The molecule has 1 saturated carbocycles. The Morgan fingerprint density at radius 3 is 2.57 bits per heavy atom. The van der Waals surface area contributed by atoms with Crippen LogP contribution < -0.4 is 11.3 Å². The highest BCUT2D eigenvalue weighted by Crippen LogP contribution is 2.31. The molecule has 0 aliphatic heterocycles. The average Bonchev–Trinajstić information content (AvgIpc) is 3.58. The van der Waals surface area contributed by atoms with Crippen molar-refractivity contribution in [2.24, 2.45) is 0 Å². The molecule has 2 aromatic heterocycles. The summed E-state index contributed by atoms with van der Waals surface area (Å²) in [5.41, 5.74) is 7.63. The molecular weight excluding hydrogens is 402 g/mol. The average molecular weight is 421 g/mol. The zero-order valence-corrected chi connectivity index (χ0v) is 17.0. The fraction of sp³-hybridized carbons (Fsp3) is 0.190. The van der Waals surface area contributed by atoms with E-state index in [1.165, 1.54) is 22.8 Å². The summed E-state index contributed by atoms with van der Waals surface area (Å²) in [4.78, 5) is 22.7. The van der Waals surface area contributed by atoms with E-state index in [0.29, 0.717) is 16.8 Å². The van der Waals surface area contributed by atoms with Crippen LogP contribution in [0.25, 0.3) is 11.3 Å². The minimum absolute atomic E-state index is 0.0963. The topological polar surface area (TPSA) is 122 Å². The molecule has 0 bridgehead atoms. The second-order valence-electron chi connectivity index (χ2n) is 6.96. The number of aromatic nitrogens is 3. The van der Waals surface area contributed by atoms with Gasteiger partial charge in [0.15, 0.2) is 11.5 Å². The first-order valence-corrected chi connectivity index (χ1v) is 10.7. The van der Waals surface area contributed by atoms with Crippen LogP contribution in [0.1, 0.15) is 24.1 Å². The van der Waals surface area contributed by atoms with Crippen LogP contribution in [0.15, 0.2) is 58.5 Å². The minimum atomic E-state index is -3.51. The number of nitrogen functional groups attached to an aromatic ring is 1. The molecule has 1 aliphatic carbocycles. The lowest BCUT2D eigenvalue weighted by Crippen LogP contribution is -2.28. The summed E-state index contributed by atoms with van der Waals surface area (Å²) in [7, 11) is -1.90. The number of aromatic amines is 1. The zero-order valence-electron chi connectivity index (χ0n) is 16.2. The molecule has 1 aliphatic rings. The Morgan fingerprint density at radius 1 is 1.17 bits per heavy atom. The highest BCUT2D eigenvalue weighted by molar-refractivity contribution is 7.89. The second-order valence-corrected chi connectivity index (χ2v) is 8.95. The van der Waals surface area contributed by atoms with E-state index in [1.54, 1.807) is 37.4 Å². The zero-order chi connectivity index (χ0) is 21.3. The van der Waals surface area contributed by atoms with Crippen molar-refractivity contribution in [3.63, 3.8) is 0 Å². The number of nitrogens with two attached hydrogens (primary N) is 1. The first kappa shape index (κ1) is 19.8. The number of hydrogen-bond donors (Lipinski definition) is 2. The van der Waals surface area contributed by atoms with Crippen LogP contribution in [0, 0.1) is 11.8 Å². The van der Waals surface area contributed by atoms with Crippen LogP contribution in [0.2, 0.25) is 0 Å².